The fraction of sp³-hybridized carbons (Fsp3) is 0.100. The molecule has 1 aromatic heterocycles. The maximum absolute atomic E-state index is 5.78. The predicted molar refractivity (Wildman–Crippen MR) is 57.3 cm³/mol. The molecule has 0 amide bonds. The minimum absolute atomic E-state index is 0.721. The van der Waals surface area contributed by atoms with Gasteiger partial charge in [-0.3, -0.25) is 4.68 Å². The van der Waals surface area contributed by atoms with Crippen LogP contribution in [0.1, 0.15) is 0 Å². The van der Waals surface area contributed by atoms with Gasteiger partial charge in [0, 0.05) is 19.3 Å². The molecule has 0 saturated heterocycles. The van der Waals surface area contributed by atoms with Gasteiger partial charge in [-0.2, -0.15) is 5.10 Å². The maximum Gasteiger partial charge on any atom is 0.152 e. The number of aryl methyl sites for hydroxylation is 1. The third-order valence-corrected chi connectivity index (χ3v) is 1.94. The van der Waals surface area contributed by atoms with Crippen molar-refractivity contribution in [3.8, 4) is 0 Å². The lowest BCUT2D eigenvalue weighted by atomic mass is 10.3. The van der Waals surface area contributed by atoms with Crippen molar-refractivity contribution in [2.45, 2.75) is 0 Å². The second-order valence-corrected chi connectivity index (χ2v) is 3.09. The topological polar surface area (TPSA) is 55.9 Å². The van der Waals surface area contributed by atoms with Crippen LogP contribution in [0.25, 0.3) is 0 Å². The molecule has 0 atom stereocenters. The van der Waals surface area contributed by atoms with E-state index in [1.54, 1.807) is 4.68 Å². The average molecular weight is 188 g/mol. The first kappa shape index (κ1) is 8.62. The van der Waals surface area contributed by atoms with E-state index in [4.69, 9.17) is 5.73 Å². The van der Waals surface area contributed by atoms with E-state index in [1.165, 1.54) is 0 Å². The number of hydrogen-bond donors (Lipinski definition) is 2. The molecular weight excluding hydrogens is 176 g/mol. The zero-order chi connectivity index (χ0) is 9.97. The van der Waals surface area contributed by atoms with E-state index in [9.17, 15) is 0 Å². The molecule has 3 N–H and O–H groups in total. The van der Waals surface area contributed by atoms with Crippen LogP contribution in [0.4, 0.5) is 17.2 Å². The van der Waals surface area contributed by atoms with Gasteiger partial charge in [0.15, 0.2) is 5.82 Å². The van der Waals surface area contributed by atoms with Gasteiger partial charge in [0.05, 0.1) is 11.4 Å². The van der Waals surface area contributed by atoms with Crippen molar-refractivity contribution >= 4 is 17.2 Å². The summed E-state index contributed by atoms with van der Waals surface area (Å²) in [7, 11) is 1.87. The highest BCUT2D eigenvalue weighted by Crippen LogP contribution is 2.20. The van der Waals surface area contributed by atoms with E-state index in [0.29, 0.717) is 0 Å². The first-order valence-electron chi connectivity index (χ1n) is 4.37. The summed E-state index contributed by atoms with van der Waals surface area (Å²) in [6.45, 7) is 0. The third kappa shape index (κ3) is 1.69. The number of anilines is 3. The van der Waals surface area contributed by atoms with Crippen LogP contribution in [0, 0.1) is 0 Å². The van der Waals surface area contributed by atoms with Crippen molar-refractivity contribution in [1.29, 1.82) is 0 Å². The number of rotatable bonds is 2. The standard InChI is InChI=1S/C10H12N4/c1-14-7-6-10(13-14)12-9-5-3-2-4-8(9)11/h2-7H,11H2,1H3,(H,12,13). The number of nitrogens with zero attached hydrogens (tertiary/aromatic N) is 2. The Morgan fingerprint density at radius 2 is 2.07 bits per heavy atom. The van der Waals surface area contributed by atoms with Crippen LogP contribution in [-0.4, -0.2) is 9.78 Å². The van der Waals surface area contributed by atoms with Crippen molar-refractivity contribution in [3.05, 3.63) is 36.5 Å². The summed E-state index contributed by atoms with van der Waals surface area (Å²) < 4.78 is 1.74. The molecule has 72 valence electrons. The minimum Gasteiger partial charge on any atom is -0.397 e. The summed E-state index contributed by atoms with van der Waals surface area (Å²) in [4.78, 5) is 0. The molecule has 2 aromatic rings. The Bertz CT molecular complexity index is 433. The minimum atomic E-state index is 0.721. The summed E-state index contributed by atoms with van der Waals surface area (Å²) in [5, 5.41) is 7.33. The van der Waals surface area contributed by atoms with Crippen LogP contribution in [-0.2, 0) is 7.05 Å². The van der Waals surface area contributed by atoms with Gasteiger partial charge in [-0.25, -0.2) is 0 Å². The zero-order valence-corrected chi connectivity index (χ0v) is 7.94. The number of benzene rings is 1. The van der Waals surface area contributed by atoms with Crippen molar-refractivity contribution in [2.75, 3.05) is 11.1 Å². The van der Waals surface area contributed by atoms with Crippen LogP contribution in [0.15, 0.2) is 36.5 Å². The number of nitrogens with one attached hydrogen (secondary N) is 1. The highest BCUT2D eigenvalue weighted by Gasteiger charge is 1.99. The van der Waals surface area contributed by atoms with Gasteiger partial charge in [-0.15, -0.1) is 0 Å². The quantitative estimate of drug-likeness (QED) is 0.706. The number of hydrogen-bond acceptors (Lipinski definition) is 3. The molecule has 0 bridgehead atoms. The Kier molecular flexibility index (Phi) is 2.10. The summed E-state index contributed by atoms with van der Waals surface area (Å²) in [5.41, 5.74) is 7.38. The normalized spacial score (nSPS) is 10.1. The Morgan fingerprint density at radius 1 is 1.29 bits per heavy atom. The van der Waals surface area contributed by atoms with Crippen molar-refractivity contribution in [1.82, 2.24) is 9.78 Å². The van der Waals surface area contributed by atoms with Gasteiger partial charge in [0.2, 0.25) is 0 Å². The summed E-state index contributed by atoms with van der Waals surface area (Å²) in [5.74, 6) is 0.797. The monoisotopic (exact) mass is 188 g/mol. The molecule has 0 spiro atoms. The molecule has 0 unspecified atom stereocenters. The average Bonchev–Trinajstić information content (AvgIpc) is 2.56. The van der Waals surface area contributed by atoms with Gasteiger partial charge < -0.3 is 11.1 Å². The molecule has 2 rings (SSSR count). The van der Waals surface area contributed by atoms with E-state index >= 15 is 0 Å². The van der Waals surface area contributed by atoms with E-state index in [1.807, 2.05) is 43.6 Å². The van der Waals surface area contributed by atoms with Gasteiger partial charge in [-0.1, -0.05) is 12.1 Å². The molecule has 0 aliphatic heterocycles. The first-order chi connectivity index (χ1) is 6.75. The van der Waals surface area contributed by atoms with Crippen molar-refractivity contribution in [2.24, 2.45) is 7.05 Å². The van der Waals surface area contributed by atoms with Crippen LogP contribution in [0.3, 0.4) is 0 Å². The molecule has 1 aromatic carbocycles. The van der Waals surface area contributed by atoms with Gasteiger partial charge in [0.25, 0.3) is 0 Å². The van der Waals surface area contributed by atoms with Crippen LogP contribution < -0.4 is 11.1 Å². The van der Waals surface area contributed by atoms with Crippen LogP contribution in [0.2, 0.25) is 0 Å². The number of aromatic nitrogens is 2. The molecule has 0 aliphatic carbocycles. The predicted octanol–water partition coefficient (Wildman–Crippen LogP) is 1.75. The lowest BCUT2D eigenvalue weighted by Gasteiger charge is -2.05. The summed E-state index contributed by atoms with van der Waals surface area (Å²) in [6, 6.07) is 9.50. The number of para-hydroxylation sites is 2. The van der Waals surface area contributed by atoms with E-state index < -0.39 is 0 Å². The molecule has 1 heterocycles. The van der Waals surface area contributed by atoms with E-state index in [-0.39, 0.29) is 0 Å². The van der Waals surface area contributed by atoms with Gasteiger partial charge in [0.1, 0.15) is 0 Å². The first-order valence-corrected chi connectivity index (χ1v) is 4.37. The van der Waals surface area contributed by atoms with Crippen LogP contribution >= 0.6 is 0 Å². The second kappa shape index (κ2) is 3.41. The smallest absolute Gasteiger partial charge is 0.152 e. The highest BCUT2D eigenvalue weighted by molar-refractivity contribution is 5.70. The summed E-state index contributed by atoms with van der Waals surface area (Å²) >= 11 is 0. The van der Waals surface area contributed by atoms with Crippen molar-refractivity contribution in [3.63, 3.8) is 0 Å². The molecule has 4 heteroatoms. The van der Waals surface area contributed by atoms with Crippen LogP contribution in [0.5, 0.6) is 0 Å². The number of nitrogens with two attached hydrogens (primary N) is 1. The molecule has 4 nitrogen and oxygen atoms in total. The molecule has 0 aliphatic rings. The Balaban J connectivity index is 2.23. The molecule has 0 radical (unpaired) electrons. The third-order valence-electron chi connectivity index (χ3n) is 1.94. The van der Waals surface area contributed by atoms with Crippen molar-refractivity contribution < 1.29 is 0 Å². The lowest BCUT2D eigenvalue weighted by molar-refractivity contribution is 0.771. The van der Waals surface area contributed by atoms with E-state index in [0.717, 1.165) is 17.2 Å². The zero-order valence-electron chi connectivity index (χ0n) is 7.94. The largest absolute Gasteiger partial charge is 0.397 e. The Hall–Kier alpha value is -1.97. The van der Waals surface area contributed by atoms with Gasteiger partial charge in [-0.05, 0) is 12.1 Å². The summed E-state index contributed by atoms with van der Waals surface area (Å²) in [6.07, 6.45) is 1.88. The lowest BCUT2D eigenvalue weighted by Crippen LogP contribution is -1.97. The highest BCUT2D eigenvalue weighted by atomic mass is 15.3. The molecule has 0 fully saturated rings. The molecule has 0 saturated carbocycles. The SMILES string of the molecule is Cn1ccc(Nc2ccccc2N)n1. The fourth-order valence-corrected chi connectivity index (χ4v) is 1.23. The molecular formula is C10H12N4. The maximum atomic E-state index is 5.78. The Morgan fingerprint density at radius 3 is 2.71 bits per heavy atom. The van der Waals surface area contributed by atoms with Gasteiger partial charge >= 0.3 is 0 Å². The second-order valence-electron chi connectivity index (χ2n) is 3.09. The Labute approximate surface area is 82.4 Å². The fourth-order valence-electron chi connectivity index (χ4n) is 1.23. The number of nitrogen functional groups attached to an aromatic ring is 1. The van der Waals surface area contributed by atoms with E-state index in [2.05, 4.69) is 10.4 Å². The molecule has 14 heavy (non-hydrogen) atoms.